The Labute approximate surface area is 136 Å². The predicted octanol–water partition coefficient (Wildman–Crippen LogP) is 2.40. The minimum atomic E-state index is 0.0439. The maximum atomic E-state index is 12.1. The zero-order valence-electron chi connectivity index (χ0n) is 13.7. The lowest BCUT2D eigenvalue weighted by Crippen LogP contribution is -2.41. The second kappa shape index (κ2) is 6.86. The molecule has 1 amide bonds. The summed E-state index contributed by atoms with van der Waals surface area (Å²) in [7, 11) is 0. The van der Waals surface area contributed by atoms with Crippen molar-refractivity contribution in [3.8, 4) is 5.75 Å². The van der Waals surface area contributed by atoms with Crippen LogP contribution >= 0.6 is 0 Å². The van der Waals surface area contributed by atoms with Crippen molar-refractivity contribution in [3.63, 3.8) is 0 Å². The highest BCUT2D eigenvalue weighted by Gasteiger charge is 2.20. The van der Waals surface area contributed by atoms with Crippen LogP contribution in [0.1, 0.15) is 29.9 Å². The molecule has 3 rings (SSSR count). The first-order valence-electron chi connectivity index (χ1n) is 8.11. The monoisotopic (exact) mass is 313 g/mol. The van der Waals surface area contributed by atoms with Crippen LogP contribution in [0.4, 0.5) is 0 Å². The van der Waals surface area contributed by atoms with E-state index in [4.69, 9.17) is 4.74 Å². The Morgan fingerprint density at radius 1 is 1.35 bits per heavy atom. The molecule has 5 nitrogen and oxygen atoms in total. The number of nitrogens with one attached hydrogen (secondary N) is 1. The Bertz CT molecular complexity index is 676. The highest BCUT2D eigenvalue weighted by Crippen LogP contribution is 2.15. The number of fused-ring (bicyclic) bond motifs is 1. The number of carbonyl (C=O) groups is 1. The van der Waals surface area contributed by atoms with Gasteiger partial charge in [-0.15, -0.1) is 0 Å². The molecule has 1 aromatic carbocycles. The van der Waals surface area contributed by atoms with Gasteiger partial charge >= 0.3 is 0 Å². The standard InChI is InChI=1S/C18H23N3O2/c1-13-3-6-16(7-4-13)23-10-9-18(22)20-15-5-8-17-19-14(2)11-21(17)12-15/h3-4,6-7,11,15H,5,8-10,12H2,1-2H3,(H,20,22)/t15-/m0/s1. The van der Waals surface area contributed by atoms with E-state index < -0.39 is 0 Å². The summed E-state index contributed by atoms with van der Waals surface area (Å²) in [6.07, 6.45) is 4.29. The van der Waals surface area contributed by atoms with Crippen LogP contribution in [0.15, 0.2) is 30.5 Å². The summed E-state index contributed by atoms with van der Waals surface area (Å²) in [6.45, 7) is 5.24. The molecule has 122 valence electrons. The minimum Gasteiger partial charge on any atom is -0.493 e. The second-order valence-electron chi connectivity index (χ2n) is 6.17. The molecule has 1 aliphatic rings. The smallest absolute Gasteiger partial charge is 0.223 e. The van der Waals surface area contributed by atoms with Crippen molar-refractivity contribution in [2.75, 3.05) is 6.61 Å². The zero-order chi connectivity index (χ0) is 16.2. The van der Waals surface area contributed by atoms with Gasteiger partial charge in [0.2, 0.25) is 5.91 Å². The number of aryl methyl sites for hydroxylation is 3. The summed E-state index contributed by atoms with van der Waals surface area (Å²) < 4.78 is 7.75. The third-order valence-electron chi connectivity index (χ3n) is 4.10. The first-order chi connectivity index (χ1) is 11.1. The molecule has 0 saturated carbocycles. The number of ether oxygens (including phenoxy) is 1. The van der Waals surface area contributed by atoms with E-state index in [0.717, 1.165) is 36.7 Å². The van der Waals surface area contributed by atoms with E-state index in [2.05, 4.69) is 14.9 Å². The maximum absolute atomic E-state index is 12.1. The lowest BCUT2D eigenvalue weighted by atomic mass is 10.1. The first-order valence-corrected chi connectivity index (χ1v) is 8.11. The van der Waals surface area contributed by atoms with Gasteiger partial charge in [-0.2, -0.15) is 0 Å². The summed E-state index contributed by atoms with van der Waals surface area (Å²) >= 11 is 0. The Morgan fingerprint density at radius 2 is 2.13 bits per heavy atom. The average Bonchev–Trinajstić information content (AvgIpc) is 2.88. The van der Waals surface area contributed by atoms with Gasteiger partial charge in [0.15, 0.2) is 0 Å². The van der Waals surface area contributed by atoms with Gasteiger partial charge in [-0.3, -0.25) is 4.79 Å². The van der Waals surface area contributed by atoms with Crippen LogP contribution in [0.5, 0.6) is 5.75 Å². The van der Waals surface area contributed by atoms with E-state index in [1.54, 1.807) is 0 Å². The summed E-state index contributed by atoms with van der Waals surface area (Å²) in [6, 6.07) is 8.04. The molecule has 2 heterocycles. The van der Waals surface area contributed by atoms with Gasteiger partial charge in [-0.1, -0.05) is 17.7 Å². The van der Waals surface area contributed by atoms with Gasteiger partial charge in [-0.05, 0) is 32.4 Å². The van der Waals surface area contributed by atoms with Crippen LogP contribution in [-0.4, -0.2) is 28.1 Å². The molecule has 0 radical (unpaired) electrons. The topological polar surface area (TPSA) is 56.1 Å². The molecule has 0 saturated heterocycles. The summed E-state index contributed by atoms with van der Waals surface area (Å²) in [5.41, 5.74) is 2.24. The second-order valence-corrected chi connectivity index (χ2v) is 6.17. The molecule has 1 N–H and O–H groups in total. The van der Waals surface area contributed by atoms with E-state index in [1.807, 2.05) is 44.3 Å². The van der Waals surface area contributed by atoms with Crippen molar-refractivity contribution in [2.45, 2.75) is 45.7 Å². The van der Waals surface area contributed by atoms with Crippen LogP contribution in [0.3, 0.4) is 0 Å². The third-order valence-corrected chi connectivity index (χ3v) is 4.10. The molecule has 0 aliphatic carbocycles. The molecule has 2 aromatic rings. The molecule has 1 aromatic heterocycles. The van der Waals surface area contributed by atoms with E-state index in [0.29, 0.717) is 13.0 Å². The fraction of sp³-hybridized carbons (Fsp3) is 0.444. The fourth-order valence-electron chi connectivity index (χ4n) is 2.90. The van der Waals surface area contributed by atoms with Gasteiger partial charge in [0.25, 0.3) is 0 Å². The lowest BCUT2D eigenvalue weighted by Gasteiger charge is -2.24. The van der Waals surface area contributed by atoms with Gasteiger partial charge < -0.3 is 14.6 Å². The fourth-order valence-corrected chi connectivity index (χ4v) is 2.90. The number of rotatable bonds is 5. The number of nitrogens with zero attached hydrogens (tertiary/aromatic N) is 2. The number of imidazole rings is 1. The Hall–Kier alpha value is -2.30. The van der Waals surface area contributed by atoms with Crippen LogP contribution < -0.4 is 10.1 Å². The quantitative estimate of drug-likeness (QED) is 0.922. The molecule has 0 bridgehead atoms. The van der Waals surface area contributed by atoms with Crippen molar-refractivity contribution < 1.29 is 9.53 Å². The van der Waals surface area contributed by atoms with Crippen LogP contribution in [0, 0.1) is 13.8 Å². The van der Waals surface area contributed by atoms with Crippen molar-refractivity contribution >= 4 is 5.91 Å². The predicted molar refractivity (Wildman–Crippen MR) is 88.5 cm³/mol. The minimum absolute atomic E-state index is 0.0439. The molecule has 0 fully saturated rings. The Morgan fingerprint density at radius 3 is 2.91 bits per heavy atom. The molecule has 5 heteroatoms. The van der Waals surface area contributed by atoms with Crippen LogP contribution in [0.25, 0.3) is 0 Å². The number of aromatic nitrogens is 2. The molecular weight excluding hydrogens is 290 g/mol. The Balaban J connectivity index is 1.42. The highest BCUT2D eigenvalue weighted by atomic mass is 16.5. The van der Waals surface area contributed by atoms with E-state index in [9.17, 15) is 4.79 Å². The van der Waals surface area contributed by atoms with Crippen LogP contribution in [-0.2, 0) is 17.8 Å². The van der Waals surface area contributed by atoms with Crippen molar-refractivity contribution in [3.05, 3.63) is 47.5 Å². The van der Waals surface area contributed by atoms with Crippen molar-refractivity contribution in [1.29, 1.82) is 0 Å². The van der Waals surface area contributed by atoms with E-state index in [1.165, 1.54) is 5.56 Å². The van der Waals surface area contributed by atoms with Gasteiger partial charge in [0.05, 0.1) is 18.7 Å². The number of hydrogen-bond acceptors (Lipinski definition) is 3. The largest absolute Gasteiger partial charge is 0.493 e. The SMILES string of the molecule is Cc1ccc(OCCC(=O)N[C@H]2CCc3nc(C)cn3C2)cc1. The van der Waals surface area contributed by atoms with Gasteiger partial charge in [0.1, 0.15) is 11.6 Å². The van der Waals surface area contributed by atoms with Crippen LogP contribution in [0.2, 0.25) is 0 Å². The van der Waals surface area contributed by atoms with Crippen molar-refractivity contribution in [2.24, 2.45) is 0 Å². The molecule has 0 spiro atoms. The number of carbonyl (C=O) groups excluding carboxylic acids is 1. The number of amides is 1. The lowest BCUT2D eigenvalue weighted by molar-refractivity contribution is -0.122. The zero-order valence-corrected chi connectivity index (χ0v) is 13.7. The summed E-state index contributed by atoms with van der Waals surface area (Å²) in [5, 5.41) is 3.10. The normalized spacial score (nSPS) is 16.7. The number of hydrogen-bond donors (Lipinski definition) is 1. The molecule has 1 aliphatic heterocycles. The molecule has 1 atom stereocenters. The van der Waals surface area contributed by atoms with E-state index in [-0.39, 0.29) is 11.9 Å². The van der Waals surface area contributed by atoms with Crippen molar-refractivity contribution in [1.82, 2.24) is 14.9 Å². The first kappa shape index (κ1) is 15.6. The molecule has 0 unspecified atom stereocenters. The molecular formula is C18H23N3O2. The molecule has 23 heavy (non-hydrogen) atoms. The number of benzene rings is 1. The third kappa shape index (κ3) is 4.12. The maximum Gasteiger partial charge on any atom is 0.223 e. The summed E-state index contributed by atoms with van der Waals surface area (Å²) in [4.78, 5) is 16.5. The Kier molecular flexibility index (Phi) is 4.65. The van der Waals surface area contributed by atoms with E-state index >= 15 is 0 Å². The summed E-state index contributed by atoms with van der Waals surface area (Å²) in [5.74, 6) is 1.97. The average molecular weight is 313 g/mol. The van der Waals surface area contributed by atoms with Gasteiger partial charge in [0, 0.05) is 25.2 Å². The van der Waals surface area contributed by atoms with Gasteiger partial charge in [-0.25, -0.2) is 4.98 Å². The highest BCUT2D eigenvalue weighted by molar-refractivity contribution is 5.76.